The van der Waals surface area contributed by atoms with Gasteiger partial charge in [-0.05, 0) is 31.6 Å². The second-order valence-electron chi connectivity index (χ2n) is 5.62. The van der Waals surface area contributed by atoms with Crippen LogP contribution in [0.2, 0.25) is 0 Å². The maximum Gasteiger partial charge on any atom is 0.211 e. The standard InChI is InChI=1S/C13H26N2O3S/c1-4-13(14,5-2)12(16)9-11-7-6-8-15(10-11)19(3,17)18/h11H,4-10,14H2,1-3H3. The molecular weight excluding hydrogens is 264 g/mol. The van der Waals surface area contributed by atoms with E-state index in [-0.39, 0.29) is 11.7 Å². The number of hydrogen-bond donors (Lipinski definition) is 1. The van der Waals surface area contributed by atoms with Gasteiger partial charge in [0.25, 0.3) is 0 Å². The van der Waals surface area contributed by atoms with Gasteiger partial charge in [0, 0.05) is 19.5 Å². The molecule has 1 aliphatic rings. The number of piperidine rings is 1. The molecule has 0 saturated carbocycles. The van der Waals surface area contributed by atoms with Gasteiger partial charge < -0.3 is 5.73 Å². The van der Waals surface area contributed by atoms with E-state index < -0.39 is 15.6 Å². The highest BCUT2D eigenvalue weighted by molar-refractivity contribution is 7.88. The fourth-order valence-corrected chi connectivity index (χ4v) is 3.55. The van der Waals surface area contributed by atoms with Crippen LogP contribution in [0.25, 0.3) is 0 Å². The van der Waals surface area contributed by atoms with Gasteiger partial charge in [0.2, 0.25) is 10.0 Å². The lowest BCUT2D eigenvalue weighted by Gasteiger charge is -2.33. The Morgan fingerprint density at radius 2 is 1.95 bits per heavy atom. The molecule has 0 aliphatic carbocycles. The number of rotatable bonds is 6. The summed E-state index contributed by atoms with van der Waals surface area (Å²) in [4.78, 5) is 12.3. The van der Waals surface area contributed by atoms with Crippen LogP contribution in [0, 0.1) is 5.92 Å². The van der Waals surface area contributed by atoms with Crippen molar-refractivity contribution in [2.75, 3.05) is 19.3 Å². The van der Waals surface area contributed by atoms with Crippen molar-refractivity contribution in [1.29, 1.82) is 0 Å². The lowest BCUT2D eigenvalue weighted by molar-refractivity contribution is -0.125. The molecule has 5 nitrogen and oxygen atoms in total. The Morgan fingerprint density at radius 3 is 2.42 bits per heavy atom. The quantitative estimate of drug-likeness (QED) is 0.795. The van der Waals surface area contributed by atoms with Crippen LogP contribution in [0.15, 0.2) is 0 Å². The van der Waals surface area contributed by atoms with Crippen molar-refractivity contribution in [1.82, 2.24) is 4.31 Å². The Kier molecular flexibility index (Phi) is 5.53. The smallest absolute Gasteiger partial charge is 0.211 e. The van der Waals surface area contributed by atoms with Gasteiger partial charge in [-0.15, -0.1) is 0 Å². The van der Waals surface area contributed by atoms with Gasteiger partial charge in [-0.25, -0.2) is 12.7 Å². The maximum atomic E-state index is 12.3. The molecule has 0 spiro atoms. The lowest BCUT2D eigenvalue weighted by atomic mass is 9.82. The van der Waals surface area contributed by atoms with Crippen LogP contribution in [0.5, 0.6) is 0 Å². The van der Waals surface area contributed by atoms with Gasteiger partial charge >= 0.3 is 0 Å². The zero-order chi connectivity index (χ0) is 14.7. The van der Waals surface area contributed by atoms with E-state index in [4.69, 9.17) is 5.73 Å². The summed E-state index contributed by atoms with van der Waals surface area (Å²) in [5.74, 6) is 0.176. The Labute approximate surface area is 116 Å². The highest BCUT2D eigenvalue weighted by atomic mass is 32.2. The van der Waals surface area contributed by atoms with Crippen LogP contribution < -0.4 is 5.73 Å². The van der Waals surface area contributed by atoms with Crippen molar-refractivity contribution >= 4 is 15.8 Å². The number of ketones is 1. The predicted octanol–water partition coefficient (Wildman–Crippen LogP) is 1.13. The van der Waals surface area contributed by atoms with E-state index in [0.29, 0.717) is 32.4 Å². The molecule has 0 aromatic heterocycles. The fourth-order valence-electron chi connectivity index (χ4n) is 2.60. The maximum absolute atomic E-state index is 12.3. The van der Waals surface area contributed by atoms with Gasteiger partial charge in [0.05, 0.1) is 11.8 Å². The van der Waals surface area contributed by atoms with E-state index in [2.05, 4.69) is 0 Å². The molecule has 0 amide bonds. The summed E-state index contributed by atoms with van der Waals surface area (Å²) in [5.41, 5.74) is 5.35. The first-order chi connectivity index (χ1) is 8.73. The fraction of sp³-hybridized carbons (Fsp3) is 0.923. The average molecular weight is 290 g/mol. The van der Waals surface area contributed by atoms with Crippen molar-refractivity contribution in [2.45, 2.75) is 51.5 Å². The highest BCUT2D eigenvalue weighted by Gasteiger charge is 2.33. The molecule has 6 heteroatoms. The third-order valence-corrected chi connectivity index (χ3v) is 5.51. The average Bonchev–Trinajstić information content (AvgIpc) is 2.37. The largest absolute Gasteiger partial charge is 0.319 e. The van der Waals surface area contributed by atoms with E-state index in [1.165, 1.54) is 10.6 Å². The lowest BCUT2D eigenvalue weighted by Crippen LogP contribution is -2.48. The molecule has 1 saturated heterocycles. The van der Waals surface area contributed by atoms with Gasteiger partial charge in [-0.2, -0.15) is 0 Å². The third-order valence-electron chi connectivity index (χ3n) is 4.24. The number of Topliss-reactive ketones (excluding diaryl/α,β-unsaturated/α-hetero) is 1. The van der Waals surface area contributed by atoms with Crippen LogP contribution in [0.1, 0.15) is 46.0 Å². The molecule has 0 radical (unpaired) electrons. The summed E-state index contributed by atoms with van der Waals surface area (Å²) in [6.45, 7) is 4.86. The number of nitrogens with zero attached hydrogens (tertiary/aromatic N) is 1. The summed E-state index contributed by atoms with van der Waals surface area (Å²) in [5, 5.41) is 0. The first-order valence-corrected chi connectivity index (χ1v) is 8.85. The summed E-state index contributed by atoms with van der Waals surface area (Å²) in [7, 11) is -3.15. The number of sulfonamides is 1. The van der Waals surface area contributed by atoms with Crippen LogP contribution in [0.4, 0.5) is 0 Å². The van der Waals surface area contributed by atoms with E-state index in [0.717, 1.165) is 12.8 Å². The molecular formula is C13H26N2O3S. The number of carbonyl (C=O) groups is 1. The summed E-state index contributed by atoms with van der Waals surface area (Å²) < 4.78 is 24.6. The minimum atomic E-state index is -3.15. The van der Waals surface area contributed by atoms with E-state index >= 15 is 0 Å². The Morgan fingerprint density at radius 1 is 1.37 bits per heavy atom. The zero-order valence-electron chi connectivity index (χ0n) is 12.2. The summed E-state index contributed by atoms with van der Waals surface area (Å²) >= 11 is 0. The molecule has 1 aliphatic heterocycles. The number of carbonyl (C=O) groups excluding carboxylic acids is 1. The first kappa shape index (κ1) is 16.6. The Bertz CT molecular complexity index is 416. The number of hydrogen-bond acceptors (Lipinski definition) is 4. The topological polar surface area (TPSA) is 80.5 Å². The van der Waals surface area contributed by atoms with Gasteiger partial charge in [-0.3, -0.25) is 4.79 Å². The normalized spacial score (nSPS) is 22.4. The first-order valence-electron chi connectivity index (χ1n) is 7.00. The van der Waals surface area contributed by atoms with Crippen LogP contribution in [0.3, 0.4) is 0 Å². The molecule has 19 heavy (non-hydrogen) atoms. The summed E-state index contributed by atoms with van der Waals surface area (Å²) in [6, 6.07) is 0. The Balaban J connectivity index is 2.65. The molecule has 0 aromatic rings. The molecule has 1 unspecified atom stereocenters. The molecule has 1 atom stereocenters. The third kappa shape index (κ3) is 4.26. The van der Waals surface area contributed by atoms with Crippen molar-refractivity contribution in [2.24, 2.45) is 11.7 Å². The van der Waals surface area contributed by atoms with Crippen LogP contribution >= 0.6 is 0 Å². The van der Waals surface area contributed by atoms with Crippen molar-refractivity contribution in [3.63, 3.8) is 0 Å². The zero-order valence-corrected chi connectivity index (χ0v) is 13.0. The second-order valence-corrected chi connectivity index (χ2v) is 7.60. The van der Waals surface area contributed by atoms with Gasteiger partial charge in [0.15, 0.2) is 5.78 Å². The van der Waals surface area contributed by atoms with E-state index in [9.17, 15) is 13.2 Å². The van der Waals surface area contributed by atoms with Crippen LogP contribution in [-0.2, 0) is 14.8 Å². The second kappa shape index (κ2) is 6.33. The van der Waals surface area contributed by atoms with E-state index in [1.54, 1.807) is 0 Å². The van der Waals surface area contributed by atoms with Crippen molar-refractivity contribution in [3.05, 3.63) is 0 Å². The molecule has 1 rings (SSSR count). The van der Waals surface area contributed by atoms with E-state index in [1.807, 2.05) is 13.8 Å². The number of nitrogens with two attached hydrogens (primary N) is 1. The molecule has 112 valence electrons. The minimum absolute atomic E-state index is 0.0675. The minimum Gasteiger partial charge on any atom is -0.319 e. The van der Waals surface area contributed by atoms with Gasteiger partial charge in [0.1, 0.15) is 0 Å². The molecule has 0 bridgehead atoms. The van der Waals surface area contributed by atoms with Crippen molar-refractivity contribution in [3.8, 4) is 0 Å². The molecule has 1 heterocycles. The monoisotopic (exact) mass is 290 g/mol. The molecule has 2 N–H and O–H groups in total. The predicted molar refractivity (Wildman–Crippen MR) is 76.3 cm³/mol. The Hall–Kier alpha value is -0.460. The molecule has 1 fully saturated rings. The van der Waals surface area contributed by atoms with Gasteiger partial charge in [-0.1, -0.05) is 13.8 Å². The molecule has 0 aromatic carbocycles. The van der Waals surface area contributed by atoms with Crippen molar-refractivity contribution < 1.29 is 13.2 Å². The summed E-state index contributed by atoms with van der Waals surface area (Å²) in [6.07, 6.45) is 4.60. The van der Waals surface area contributed by atoms with Crippen LogP contribution in [-0.4, -0.2) is 43.4 Å². The SMILES string of the molecule is CCC(N)(CC)C(=O)CC1CCCN(S(C)(=O)=O)C1. The highest BCUT2D eigenvalue weighted by Crippen LogP contribution is 2.25.